The molecule has 1 aromatic heterocycles. The van der Waals surface area contributed by atoms with Crippen LogP contribution in [0.3, 0.4) is 0 Å². The highest BCUT2D eigenvalue weighted by Gasteiger charge is 2.31. The normalized spacial score (nSPS) is 11.6. The number of sulfonamides is 1. The summed E-state index contributed by atoms with van der Waals surface area (Å²) in [6.45, 7) is 0. The first-order chi connectivity index (χ1) is 14.5. The average Bonchev–Trinajstić information content (AvgIpc) is 2.64. The minimum absolute atomic E-state index is 0.124. The van der Waals surface area contributed by atoms with E-state index in [0.29, 0.717) is 0 Å². The lowest BCUT2D eigenvalue weighted by Gasteiger charge is -2.14. The number of nitrogens with one attached hydrogen (secondary N) is 3. The predicted octanol–water partition coefficient (Wildman–Crippen LogP) is 4.37. The molecule has 0 aliphatic rings. The highest BCUT2D eigenvalue weighted by Crippen LogP contribution is 2.28. The van der Waals surface area contributed by atoms with E-state index in [1.54, 1.807) is 12.1 Å². The summed E-state index contributed by atoms with van der Waals surface area (Å²) in [6.07, 6.45) is -3.04. The van der Waals surface area contributed by atoms with Crippen molar-refractivity contribution >= 4 is 38.9 Å². The smallest absolute Gasteiger partial charge is 0.406 e. The maximum atomic E-state index is 14.2. The first-order valence-corrected chi connectivity index (χ1v) is 10.4. The van der Waals surface area contributed by atoms with Gasteiger partial charge in [-0.25, -0.2) is 17.8 Å². The lowest BCUT2D eigenvalue weighted by atomic mass is 10.2. The molecule has 0 atom stereocenters. The second-order valence-corrected chi connectivity index (χ2v) is 7.88. The molecular weight excluding hydrogens is 442 g/mol. The summed E-state index contributed by atoms with van der Waals surface area (Å²) in [4.78, 5) is 7.71. The minimum Gasteiger partial charge on any atom is -0.406 e. The van der Waals surface area contributed by atoms with Crippen LogP contribution in [0.1, 0.15) is 0 Å². The molecule has 3 N–H and O–H groups in total. The first-order valence-electron chi connectivity index (χ1n) is 8.48. The molecule has 0 aliphatic carbocycles. The third-order valence-electron chi connectivity index (χ3n) is 3.54. The molecule has 0 fully saturated rings. The quantitative estimate of drug-likeness (QED) is 0.453. The van der Waals surface area contributed by atoms with Gasteiger partial charge in [-0.3, -0.25) is 4.72 Å². The third-order valence-corrected chi connectivity index (χ3v) is 4.13. The van der Waals surface area contributed by atoms with Crippen LogP contribution in [0, 0.1) is 5.82 Å². The summed E-state index contributed by atoms with van der Waals surface area (Å²) >= 11 is 0. The lowest BCUT2D eigenvalue weighted by Crippen LogP contribution is -2.17. The molecular formula is C18H15F4N5O3S. The number of hydrogen-bond acceptors (Lipinski definition) is 7. The first kappa shape index (κ1) is 22.1. The molecule has 164 valence electrons. The highest BCUT2D eigenvalue weighted by atomic mass is 32.2. The summed E-state index contributed by atoms with van der Waals surface area (Å²) in [5, 5.41) is 5.31. The van der Waals surface area contributed by atoms with Crippen molar-refractivity contribution in [3.05, 3.63) is 60.5 Å². The Morgan fingerprint density at radius 2 is 1.71 bits per heavy atom. The number of anilines is 5. The van der Waals surface area contributed by atoms with Crippen LogP contribution in [-0.2, 0) is 10.0 Å². The van der Waals surface area contributed by atoms with E-state index in [1.807, 2.05) is 0 Å². The molecule has 1 heterocycles. The average molecular weight is 457 g/mol. The van der Waals surface area contributed by atoms with Crippen molar-refractivity contribution in [2.45, 2.75) is 6.36 Å². The molecule has 13 heteroatoms. The van der Waals surface area contributed by atoms with E-state index in [-0.39, 0.29) is 28.8 Å². The number of aromatic nitrogens is 2. The molecule has 8 nitrogen and oxygen atoms in total. The maximum Gasteiger partial charge on any atom is 0.573 e. The molecule has 0 bridgehead atoms. The zero-order valence-corrected chi connectivity index (χ0v) is 16.6. The Kier molecular flexibility index (Phi) is 6.15. The Morgan fingerprint density at radius 1 is 1.00 bits per heavy atom. The summed E-state index contributed by atoms with van der Waals surface area (Å²) in [7, 11) is -3.59. The van der Waals surface area contributed by atoms with Crippen LogP contribution in [0.25, 0.3) is 0 Å². The van der Waals surface area contributed by atoms with E-state index in [4.69, 9.17) is 0 Å². The van der Waals surface area contributed by atoms with Crippen LogP contribution >= 0.6 is 0 Å². The van der Waals surface area contributed by atoms with Gasteiger partial charge < -0.3 is 15.4 Å². The summed E-state index contributed by atoms with van der Waals surface area (Å²) in [6, 6.07) is 11.1. The van der Waals surface area contributed by atoms with E-state index in [2.05, 4.69) is 30.1 Å². The fourth-order valence-corrected chi connectivity index (χ4v) is 3.00. The van der Waals surface area contributed by atoms with Crippen LogP contribution < -0.4 is 20.1 Å². The number of ether oxygens (including phenoxy) is 1. The standard InChI is InChI=1S/C18H15F4N5O3S/c1-31(28,29)27-15-8-3-2-7-14(15)25-16-13(19)10-23-17(26-16)24-11-5-4-6-12(9-11)30-18(20,21)22/h2-10,27H,1H3,(H2,23,24,25,26). The molecule has 0 amide bonds. The molecule has 3 rings (SSSR count). The molecule has 0 saturated heterocycles. The van der Waals surface area contributed by atoms with Gasteiger partial charge in [0.25, 0.3) is 0 Å². The number of nitrogens with zero attached hydrogens (tertiary/aromatic N) is 2. The van der Waals surface area contributed by atoms with Gasteiger partial charge in [-0.15, -0.1) is 13.2 Å². The van der Waals surface area contributed by atoms with Gasteiger partial charge in [-0.05, 0) is 24.3 Å². The fourth-order valence-electron chi connectivity index (χ4n) is 2.42. The van der Waals surface area contributed by atoms with Crippen LogP contribution in [0.5, 0.6) is 5.75 Å². The summed E-state index contributed by atoms with van der Waals surface area (Å²) < 4.78 is 80.5. The molecule has 0 radical (unpaired) electrons. The van der Waals surface area contributed by atoms with Gasteiger partial charge >= 0.3 is 6.36 Å². The molecule has 31 heavy (non-hydrogen) atoms. The second kappa shape index (κ2) is 8.63. The number of hydrogen-bond donors (Lipinski definition) is 3. The van der Waals surface area contributed by atoms with E-state index in [0.717, 1.165) is 24.6 Å². The van der Waals surface area contributed by atoms with Crippen molar-refractivity contribution in [2.75, 3.05) is 21.6 Å². The largest absolute Gasteiger partial charge is 0.573 e. The van der Waals surface area contributed by atoms with Crippen LogP contribution in [0.4, 0.5) is 46.4 Å². The lowest BCUT2D eigenvalue weighted by molar-refractivity contribution is -0.274. The van der Waals surface area contributed by atoms with Gasteiger partial charge in [-0.1, -0.05) is 18.2 Å². The molecule has 2 aromatic carbocycles. The van der Waals surface area contributed by atoms with Gasteiger partial charge in [0.15, 0.2) is 11.6 Å². The predicted molar refractivity (Wildman–Crippen MR) is 107 cm³/mol. The zero-order chi connectivity index (χ0) is 22.6. The van der Waals surface area contributed by atoms with Gasteiger partial charge in [0, 0.05) is 11.8 Å². The summed E-state index contributed by atoms with van der Waals surface area (Å²) in [5.74, 6) is -1.71. The van der Waals surface area contributed by atoms with Crippen molar-refractivity contribution in [2.24, 2.45) is 0 Å². The van der Waals surface area contributed by atoms with Gasteiger partial charge in [0.1, 0.15) is 5.75 Å². The van der Waals surface area contributed by atoms with Crippen molar-refractivity contribution in [3.8, 4) is 5.75 Å². The zero-order valence-electron chi connectivity index (χ0n) is 15.7. The molecule has 0 unspecified atom stereocenters. The maximum absolute atomic E-state index is 14.2. The van der Waals surface area contributed by atoms with Gasteiger partial charge in [0.05, 0.1) is 23.8 Å². The fraction of sp³-hybridized carbons (Fsp3) is 0.111. The Balaban J connectivity index is 1.83. The van der Waals surface area contributed by atoms with Gasteiger partial charge in [-0.2, -0.15) is 4.98 Å². The summed E-state index contributed by atoms with van der Waals surface area (Å²) in [5.41, 5.74) is 0.546. The van der Waals surface area contributed by atoms with E-state index in [9.17, 15) is 26.0 Å². The topological polar surface area (TPSA) is 105 Å². The van der Waals surface area contributed by atoms with Crippen molar-refractivity contribution < 1.29 is 30.7 Å². The molecule has 0 aliphatic heterocycles. The van der Waals surface area contributed by atoms with E-state index < -0.39 is 28.0 Å². The Labute approximate surface area is 174 Å². The molecule has 0 saturated carbocycles. The minimum atomic E-state index is -4.85. The Bertz CT molecular complexity index is 1190. The number of halogens is 4. The number of para-hydroxylation sites is 2. The van der Waals surface area contributed by atoms with Crippen molar-refractivity contribution in [1.29, 1.82) is 0 Å². The monoisotopic (exact) mass is 457 g/mol. The van der Waals surface area contributed by atoms with E-state index >= 15 is 0 Å². The van der Waals surface area contributed by atoms with Crippen molar-refractivity contribution in [3.63, 3.8) is 0 Å². The van der Waals surface area contributed by atoms with Crippen molar-refractivity contribution in [1.82, 2.24) is 9.97 Å². The number of benzene rings is 2. The highest BCUT2D eigenvalue weighted by molar-refractivity contribution is 7.92. The van der Waals surface area contributed by atoms with Crippen LogP contribution in [0.2, 0.25) is 0 Å². The molecule has 3 aromatic rings. The Morgan fingerprint density at radius 3 is 2.39 bits per heavy atom. The number of alkyl halides is 3. The van der Waals surface area contributed by atoms with Gasteiger partial charge in [0.2, 0.25) is 16.0 Å². The molecule has 0 spiro atoms. The Hall–Kier alpha value is -3.61. The number of rotatable bonds is 7. The van der Waals surface area contributed by atoms with Crippen LogP contribution in [0.15, 0.2) is 54.7 Å². The SMILES string of the molecule is CS(=O)(=O)Nc1ccccc1Nc1nc(Nc2cccc(OC(F)(F)F)c2)ncc1F. The van der Waals surface area contributed by atoms with Crippen LogP contribution in [-0.4, -0.2) is 31.0 Å². The third kappa shape index (κ3) is 6.70. The van der Waals surface area contributed by atoms with E-state index in [1.165, 1.54) is 24.3 Å². The second-order valence-electron chi connectivity index (χ2n) is 6.14.